The van der Waals surface area contributed by atoms with Crippen LogP contribution in [0.2, 0.25) is 0 Å². The summed E-state index contributed by atoms with van der Waals surface area (Å²) in [6.45, 7) is 0.229. The smallest absolute Gasteiger partial charge is 0.306 e. The van der Waals surface area contributed by atoms with E-state index >= 15 is 0 Å². The Bertz CT molecular complexity index is 367. The maximum atomic E-state index is 10.4. The summed E-state index contributed by atoms with van der Waals surface area (Å²) >= 11 is 0. The van der Waals surface area contributed by atoms with Gasteiger partial charge in [-0.3, -0.25) is 4.79 Å². The molecule has 0 fully saturated rings. The van der Waals surface area contributed by atoms with Crippen LogP contribution in [0.1, 0.15) is 23.7 Å². The third-order valence-corrected chi connectivity index (χ3v) is 2.34. The lowest BCUT2D eigenvalue weighted by atomic mass is 9.97. The highest BCUT2D eigenvalue weighted by molar-refractivity contribution is 5.67. The average molecular weight is 225 g/mol. The molecule has 5 heteroatoms. The van der Waals surface area contributed by atoms with E-state index in [4.69, 9.17) is 10.8 Å². The lowest BCUT2D eigenvalue weighted by Gasteiger charge is -2.19. The zero-order valence-corrected chi connectivity index (χ0v) is 8.71. The van der Waals surface area contributed by atoms with Crippen molar-refractivity contribution in [2.45, 2.75) is 25.2 Å². The van der Waals surface area contributed by atoms with Crippen LogP contribution in [-0.4, -0.2) is 27.4 Å². The fraction of sp³-hybridized carbons (Fsp3) is 0.364. The van der Waals surface area contributed by atoms with Gasteiger partial charge < -0.3 is 21.1 Å². The number of aliphatic hydroxyl groups excluding tert-OH is 2. The molecule has 88 valence electrons. The first-order valence-corrected chi connectivity index (χ1v) is 4.92. The van der Waals surface area contributed by atoms with E-state index in [0.29, 0.717) is 11.1 Å². The maximum Gasteiger partial charge on any atom is 0.306 e. The van der Waals surface area contributed by atoms with Crippen LogP contribution in [0.3, 0.4) is 0 Å². The summed E-state index contributed by atoms with van der Waals surface area (Å²) in [5.74, 6) is -1.16. The van der Waals surface area contributed by atoms with Crippen molar-refractivity contribution < 1.29 is 20.1 Å². The Kier molecular flexibility index (Phi) is 4.42. The van der Waals surface area contributed by atoms with Gasteiger partial charge in [-0.1, -0.05) is 24.3 Å². The van der Waals surface area contributed by atoms with E-state index in [2.05, 4.69) is 0 Å². The molecule has 1 aromatic rings. The molecule has 0 radical (unpaired) electrons. The number of rotatable bonds is 5. The largest absolute Gasteiger partial charge is 0.481 e. The summed E-state index contributed by atoms with van der Waals surface area (Å²) in [4.78, 5) is 10.4. The van der Waals surface area contributed by atoms with Crippen LogP contribution in [0.5, 0.6) is 0 Å². The van der Waals surface area contributed by atoms with Crippen LogP contribution in [0, 0.1) is 0 Å². The van der Waals surface area contributed by atoms with Gasteiger partial charge in [-0.2, -0.15) is 0 Å². The Hall–Kier alpha value is -1.43. The summed E-state index contributed by atoms with van der Waals surface area (Å²) in [6, 6.07) is 6.82. The van der Waals surface area contributed by atoms with Crippen molar-refractivity contribution in [3.8, 4) is 0 Å². The topological polar surface area (TPSA) is 104 Å². The van der Waals surface area contributed by atoms with Gasteiger partial charge in [-0.15, -0.1) is 0 Å². The lowest BCUT2D eigenvalue weighted by molar-refractivity contribution is -0.141. The second-order valence-electron chi connectivity index (χ2n) is 3.51. The van der Waals surface area contributed by atoms with Crippen molar-refractivity contribution in [3.63, 3.8) is 0 Å². The van der Waals surface area contributed by atoms with Gasteiger partial charge in [0, 0.05) is 6.54 Å². The second-order valence-corrected chi connectivity index (χ2v) is 3.51. The van der Waals surface area contributed by atoms with Crippen molar-refractivity contribution in [2.24, 2.45) is 5.73 Å². The summed E-state index contributed by atoms with van der Waals surface area (Å²) in [7, 11) is 0. The summed E-state index contributed by atoms with van der Waals surface area (Å²) in [6.07, 6.45) is -3.05. The molecule has 0 saturated carbocycles. The predicted molar refractivity (Wildman–Crippen MR) is 57.6 cm³/mol. The minimum Gasteiger partial charge on any atom is -0.481 e. The molecular formula is C11H15NO4. The van der Waals surface area contributed by atoms with Crippen LogP contribution >= 0.6 is 0 Å². The standard InChI is InChI=1S/C11H15NO4/c12-6-7-3-1-2-4-8(7)11(16)9(13)5-10(14)15/h1-4,9,11,13,16H,5-6,12H2,(H,14,15). The Morgan fingerprint density at radius 1 is 1.31 bits per heavy atom. The molecule has 0 amide bonds. The van der Waals surface area contributed by atoms with Gasteiger partial charge in [0.2, 0.25) is 0 Å². The highest BCUT2D eigenvalue weighted by Crippen LogP contribution is 2.22. The molecule has 0 aliphatic heterocycles. The molecule has 1 aromatic carbocycles. The molecule has 0 aliphatic rings. The van der Waals surface area contributed by atoms with E-state index in [9.17, 15) is 15.0 Å². The van der Waals surface area contributed by atoms with Crippen LogP contribution in [-0.2, 0) is 11.3 Å². The third kappa shape index (κ3) is 3.03. The molecule has 16 heavy (non-hydrogen) atoms. The number of carboxylic acids is 1. The molecule has 2 atom stereocenters. The van der Waals surface area contributed by atoms with Gasteiger partial charge in [0.25, 0.3) is 0 Å². The first-order valence-electron chi connectivity index (χ1n) is 4.92. The summed E-state index contributed by atoms with van der Waals surface area (Å²) < 4.78 is 0. The van der Waals surface area contributed by atoms with Gasteiger partial charge >= 0.3 is 5.97 Å². The van der Waals surface area contributed by atoms with Gasteiger partial charge in [-0.05, 0) is 11.1 Å². The maximum absolute atomic E-state index is 10.4. The number of aliphatic hydroxyl groups is 2. The molecular weight excluding hydrogens is 210 g/mol. The normalized spacial score (nSPS) is 14.4. The van der Waals surface area contributed by atoms with Crippen molar-refractivity contribution >= 4 is 5.97 Å². The van der Waals surface area contributed by atoms with Crippen molar-refractivity contribution in [2.75, 3.05) is 0 Å². The van der Waals surface area contributed by atoms with Gasteiger partial charge in [-0.25, -0.2) is 0 Å². The Morgan fingerprint density at radius 2 is 1.94 bits per heavy atom. The molecule has 0 saturated heterocycles. The first-order chi connectivity index (χ1) is 7.56. The van der Waals surface area contributed by atoms with E-state index in [0.717, 1.165) is 0 Å². The molecule has 2 unspecified atom stereocenters. The van der Waals surface area contributed by atoms with Crippen molar-refractivity contribution in [3.05, 3.63) is 35.4 Å². The van der Waals surface area contributed by atoms with Crippen LogP contribution in [0.4, 0.5) is 0 Å². The highest BCUT2D eigenvalue weighted by Gasteiger charge is 2.22. The SMILES string of the molecule is NCc1ccccc1C(O)C(O)CC(=O)O. The first kappa shape index (κ1) is 12.6. The predicted octanol–water partition coefficient (Wildman–Crippen LogP) is 0.0143. The van der Waals surface area contributed by atoms with E-state index < -0.39 is 24.6 Å². The molecule has 0 heterocycles. The fourth-order valence-electron chi connectivity index (χ4n) is 1.51. The number of hydrogen-bond donors (Lipinski definition) is 4. The molecule has 0 spiro atoms. The Labute approximate surface area is 93.1 Å². The van der Waals surface area contributed by atoms with E-state index in [1.54, 1.807) is 24.3 Å². The van der Waals surface area contributed by atoms with E-state index in [-0.39, 0.29) is 6.54 Å². The van der Waals surface area contributed by atoms with Crippen molar-refractivity contribution in [1.82, 2.24) is 0 Å². The number of nitrogens with two attached hydrogens (primary N) is 1. The average Bonchev–Trinajstić information content (AvgIpc) is 2.27. The highest BCUT2D eigenvalue weighted by atomic mass is 16.4. The molecule has 0 aromatic heterocycles. The Morgan fingerprint density at radius 3 is 2.50 bits per heavy atom. The van der Waals surface area contributed by atoms with Crippen LogP contribution in [0.15, 0.2) is 24.3 Å². The van der Waals surface area contributed by atoms with Crippen LogP contribution in [0.25, 0.3) is 0 Å². The zero-order valence-electron chi connectivity index (χ0n) is 8.71. The third-order valence-electron chi connectivity index (χ3n) is 2.34. The molecule has 5 N–H and O–H groups in total. The number of aliphatic carboxylic acids is 1. The number of carboxylic acid groups (broad SMARTS) is 1. The van der Waals surface area contributed by atoms with E-state index in [1.165, 1.54) is 0 Å². The number of carbonyl (C=O) groups is 1. The lowest BCUT2D eigenvalue weighted by Crippen LogP contribution is -2.23. The molecule has 0 bridgehead atoms. The minimum absolute atomic E-state index is 0.229. The van der Waals surface area contributed by atoms with Gasteiger partial charge in [0.05, 0.1) is 12.5 Å². The monoisotopic (exact) mass is 225 g/mol. The Balaban J connectivity index is 2.86. The zero-order chi connectivity index (χ0) is 12.1. The molecule has 1 rings (SSSR count). The number of hydrogen-bond acceptors (Lipinski definition) is 4. The van der Waals surface area contributed by atoms with Crippen LogP contribution < -0.4 is 5.73 Å². The number of benzene rings is 1. The second kappa shape index (κ2) is 5.60. The summed E-state index contributed by atoms with van der Waals surface area (Å²) in [5.41, 5.74) is 6.65. The quantitative estimate of drug-likeness (QED) is 0.565. The molecule has 5 nitrogen and oxygen atoms in total. The van der Waals surface area contributed by atoms with E-state index in [1.807, 2.05) is 0 Å². The van der Waals surface area contributed by atoms with Gasteiger partial charge in [0.15, 0.2) is 0 Å². The molecule has 0 aliphatic carbocycles. The summed E-state index contributed by atoms with van der Waals surface area (Å²) in [5, 5.41) is 27.8. The minimum atomic E-state index is -1.33. The fourth-order valence-corrected chi connectivity index (χ4v) is 1.51. The van der Waals surface area contributed by atoms with Gasteiger partial charge in [0.1, 0.15) is 6.10 Å². The van der Waals surface area contributed by atoms with Crippen molar-refractivity contribution in [1.29, 1.82) is 0 Å².